The van der Waals surface area contributed by atoms with E-state index in [0.29, 0.717) is 0 Å². The van der Waals surface area contributed by atoms with Gasteiger partial charge in [-0.15, -0.1) is 0 Å². The summed E-state index contributed by atoms with van der Waals surface area (Å²) >= 11 is 0. The maximum atomic E-state index is 6.72. The quantitative estimate of drug-likeness (QED) is 0.186. The largest absolute Gasteiger partial charge is 0.455 e. The minimum Gasteiger partial charge on any atom is -0.455 e. The molecular formula is C44H29NO. The standard InChI is InChI=1S/C44H29NO/c1-3-13-30(14-4-1)34-19-11-20-35(29-34)45(39-23-12-18-33-26-25-32-17-7-8-21-36(32)42(33)39)40-28-27-37(31-15-5-2-6-16-31)44-43(40)38-22-9-10-24-41(38)46-44/h1-29H. The van der Waals surface area contributed by atoms with Crippen LogP contribution in [0, 0.1) is 0 Å². The molecule has 46 heavy (non-hydrogen) atoms. The predicted octanol–water partition coefficient (Wildman–Crippen LogP) is 12.7. The van der Waals surface area contributed by atoms with Crippen molar-refractivity contribution in [2.75, 3.05) is 4.90 Å². The monoisotopic (exact) mass is 587 g/mol. The van der Waals surface area contributed by atoms with Gasteiger partial charge in [-0.3, -0.25) is 0 Å². The first-order chi connectivity index (χ1) is 22.8. The van der Waals surface area contributed by atoms with Crippen molar-refractivity contribution in [2.24, 2.45) is 0 Å². The summed E-state index contributed by atoms with van der Waals surface area (Å²) in [5.41, 5.74) is 9.62. The molecule has 0 saturated heterocycles. The molecule has 9 aromatic rings. The van der Waals surface area contributed by atoms with Crippen LogP contribution in [0.25, 0.3) is 65.7 Å². The van der Waals surface area contributed by atoms with Gasteiger partial charge in [0.2, 0.25) is 0 Å². The van der Waals surface area contributed by atoms with Crippen LogP contribution < -0.4 is 4.90 Å². The maximum Gasteiger partial charge on any atom is 0.145 e. The zero-order valence-corrected chi connectivity index (χ0v) is 25.1. The first-order valence-corrected chi connectivity index (χ1v) is 15.7. The fourth-order valence-corrected chi connectivity index (χ4v) is 6.93. The van der Waals surface area contributed by atoms with E-state index in [2.05, 4.69) is 175 Å². The van der Waals surface area contributed by atoms with Gasteiger partial charge in [-0.2, -0.15) is 0 Å². The lowest BCUT2D eigenvalue weighted by Gasteiger charge is -2.29. The zero-order valence-electron chi connectivity index (χ0n) is 25.1. The van der Waals surface area contributed by atoms with E-state index in [4.69, 9.17) is 4.42 Å². The molecule has 0 aliphatic rings. The molecular weight excluding hydrogens is 558 g/mol. The Kier molecular flexibility index (Phi) is 6.17. The second-order valence-electron chi connectivity index (χ2n) is 11.7. The van der Waals surface area contributed by atoms with Gasteiger partial charge in [0.15, 0.2) is 0 Å². The highest BCUT2D eigenvalue weighted by Crippen LogP contribution is 2.48. The van der Waals surface area contributed by atoms with Gasteiger partial charge in [0.25, 0.3) is 0 Å². The molecule has 8 aromatic carbocycles. The lowest BCUT2D eigenvalue weighted by molar-refractivity contribution is 0.670. The average molecular weight is 588 g/mol. The van der Waals surface area contributed by atoms with Crippen molar-refractivity contribution in [3.63, 3.8) is 0 Å². The summed E-state index contributed by atoms with van der Waals surface area (Å²) in [5.74, 6) is 0. The number of para-hydroxylation sites is 1. The fourth-order valence-electron chi connectivity index (χ4n) is 6.93. The summed E-state index contributed by atoms with van der Waals surface area (Å²) < 4.78 is 6.72. The topological polar surface area (TPSA) is 16.4 Å². The molecule has 1 aromatic heterocycles. The van der Waals surface area contributed by atoms with Crippen LogP contribution in [0.15, 0.2) is 180 Å². The third-order valence-corrected chi connectivity index (χ3v) is 9.03. The average Bonchev–Trinajstić information content (AvgIpc) is 3.53. The van der Waals surface area contributed by atoms with E-state index in [-0.39, 0.29) is 0 Å². The Morgan fingerprint density at radius 2 is 1.02 bits per heavy atom. The van der Waals surface area contributed by atoms with Crippen molar-refractivity contribution in [2.45, 2.75) is 0 Å². The van der Waals surface area contributed by atoms with Gasteiger partial charge < -0.3 is 9.32 Å². The predicted molar refractivity (Wildman–Crippen MR) is 194 cm³/mol. The molecule has 0 radical (unpaired) electrons. The number of benzene rings is 8. The molecule has 1 heterocycles. The number of hydrogen-bond acceptors (Lipinski definition) is 2. The van der Waals surface area contributed by atoms with Crippen molar-refractivity contribution >= 4 is 60.5 Å². The SMILES string of the molecule is c1ccc(-c2cccc(N(c3cccc4ccc5ccccc5c34)c3ccc(-c4ccccc4)c4oc5ccccc5c34)c2)cc1. The van der Waals surface area contributed by atoms with Crippen LogP contribution in [-0.2, 0) is 0 Å². The highest BCUT2D eigenvalue weighted by atomic mass is 16.3. The van der Waals surface area contributed by atoms with Crippen LogP contribution in [0.4, 0.5) is 17.1 Å². The molecule has 0 bridgehead atoms. The van der Waals surface area contributed by atoms with Gasteiger partial charge in [-0.25, -0.2) is 0 Å². The van der Waals surface area contributed by atoms with Crippen LogP contribution >= 0.6 is 0 Å². The van der Waals surface area contributed by atoms with Crippen LogP contribution in [0.3, 0.4) is 0 Å². The van der Waals surface area contributed by atoms with Crippen molar-refractivity contribution < 1.29 is 4.42 Å². The molecule has 9 rings (SSSR count). The number of hydrogen-bond donors (Lipinski definition) is 0. The summed E-state index contributed by atoms with van der Waals surface area (Å²) in [4.78, 5) is 2.43. The van der Waals surface area contributed by atoms with E-state index in [1.807, 2.05) is 6.07 Å². The fraction of sp³-hybridized carbons (Fsp3) is 0. The van der Waals surface area contributed by atoms with E-state index < -0.39 is 0 Å². The highest BCUT2D eigenvalue weighted by molar-refractivity contribution is 6.20. The lowest BCUT2D eigenvalue weighted by atomic mass is 9.97. The number of rotatable bonds is 5. The molecule has 0 fully saturated rings. The number of nitrogens with zero attached hydrogens (tertiary/aromatic N) is 1. The van der Waals surface area contributed by atoms with E-state index in [1.165, 1.54) is 32.7 Å². The Bertz CT molecular complexity index is 2530. The molecule has 0 spiro atoms. The number of anilines is 3. The summed E-state index contributed by atoms with van der Waals surface area (Å²) in [6.45, 7) is 0. The van der Waals surface area contributed by atoms with Gasteiger partial charge in [-0.05, 0) is 69.2 Å². The Labute approximate surface area is 267 Å². The second-order valence-corrected chi connectivity index (χ2v) is 11.7. The van der Waals surface area contributed by atoms with Crippen molar-refractivity contribution in [3.05, 3.63) is 176 Å². The molecule has 0 N–H and O–H groups in total. The van der Waals surface area contributed by atoms with Crippen LogP contribution in [-0.4, -0.2) is 0 Å². The normalized spacial score (nSPS) is 11.5. The van der Waals surface area contributed by atoms with Crippen LogP contribution in [0.2, 0.25) is 0 Å². The summed E-state index contributed by atoms with van der Waals surface area (Å²) in [7, 11) is 0. The minimum absolute atomic E-state index is 0.878. The summed E-state index contributed by atoms with van der Waals surface area (Å²) in [5, 5.41) is 7.07. The number of fused-ring (bicyclic) bond motifs is 6. The second kappa shape index (κ2) is 10.8. The smallest absolute Gasteiger partial charge is 0.145 e. The van der Waals surface area contributed by atoms with E-state index in [1.54, 1.807) is 0 Å². The molecule has 0 atom stereocenters. The highest BCUT2D eigenvalue weighted by Gasteiger charge is 2.24. The zero-order chi connectivity index (χ0) is 30.5. The van der Waals surface area contributed by atoms with Gasteiger partial charge in [0, 0.05) is 22.0 Å². The van der Waals surface area contributed by atoms with E-state index in [0.717, 1.165) is 50.1 Å². The van der Waals surface area contributed by atoms with E-state index >= 15 is 0 Å². The van der Waals surface area contributed by atoms with Crippen LogP contribution in [0.1, 0.15) is 0 Å². The Morgan fingerprint density at radius 3 is 1.87 bits per heavy atom. The first-order valence-electron chi connectivity index (χ1n) is 15.7. The number of furan rings is 1. The van der Waals surface area contributed by atoms with Crippen LogP contribution in [0.5, 0.6) is 0 Å². The van der Waals surface area contributed by atoms with Crippen molar-refractivity contribution in [1.29, 1.82) is 0 Å². The molecule has 2 heteroatoms. The van der Waals surface area contributed by atoms with Gasteiger partial charge in [0.1, 0.15) is 11.2 Å². The lowest BCUT2D eigenvalue weighted by Crippen LogP contribution is -2.11. The third kappa shape index (κ3) is 4.27. The Hall–Kier alpha value is -6.12. The van der Waals surface area contributed by atoms with Gasteiger partial charge >= 0.3 is 0 Å². The molecule has 0 aliphatic carbocycles. The molecule has 0 amide bonds. The third-order valence-electron chi connectivity index (χ3n) is 9.03. The Morgan fingerprint density at radius 1 is 0.391 bits per heavy atom. The molecule has 2 nitrogen and oxygen atoms in total. The molecule has 0 saturated carbocycles. The van der Waals surface area contributed by atoms with Gasteiger partial charge in [-0.1, -0.05) is 140 Å². The summed E-state index contributed by atoms with van der Waals surface area (Å²) in [6, 6.07) is 62.7. The van der Waals surface area contributed by atoms with Crippen molar-refractivity contribution in [1.82, 2.24) is 0 Å². The maximum absolute atomic E-state index is 6.72. The summed E-state index contributed by atoms with van der Waals surface area (Å²) in [6.07, 6.45) is 0. The van der Waals surface area contributed by atoms with E-state index in [9.17, 15) is 0 Å². The molecule has 0 unspecified atom stereocenters. The van der Waals surface area contributed by atoms with Crippen molar-refractivity contribution in [3.8, 4) is 22.3 Å². The Balaban J connectivity index is 1.41. The first kappa shape index (κ1) is 26.3. The molecule has 0 aliphatic heterocycles. The molecule has 216 valence electrons. The minimum atomic E-state index is 0.878. The van der Waals surface area contributed by atoms with Gasteiger partial charge in [0.05, 0.1) is 16.8 Å².